The van der Waals surface area contributed by atoms with E-state index in [1.807, 2.05) is 30.5 Å². The molecule has 0 fully saturated rings. The van der Waals surface area contributed by atoms with Crippen molar-refractivity contribution in [2.45, 2.75) is 38.5 Å². The van der Waals surface area contributed by atoms with Gasteiger partial charge in [-0.2, -0.15) is 0 Å². The van der Waals surface area contributed by atoms with Gasteiger partial charge in [0.05, 0.1) is 0 Å². The lowest BCUT2D eigenvalue weighted by Gasteiger charge is -2.00. The molecule has 0 aliphatic heterocycles. The zero-order valence-corrected chi connectivity index (χ0v) is 12.4. The van der Waals surface area contributed by atoms with E-state index in [1.165, 1.54) is 32.1 Å². The number of hydrogen-bond acceptors (Lipinski definition) is 3. The highest BCUT2D eigenvalue weighted by atomic mass is 16.5. The number of benzene rings is 1. The first kappa shape index (κ1) is 16.6. The van der Waals surface area contributed by atoms with Gasteiger partial charge in [0, 0.05) is 32.0 Å². The third kappa shape index (κ3) is 7.85. The Morgan fingerprint density at radius 3 is 2.20 bits per heavy atom. The van der Waals surface area contributed by atoms with Crippen LogP contribution in [0, 0.1) is 0 Å². The summed E-state index contributed by atoms with van der Waals surface area (Å²) in [5, 5.41) is 0. The largest absolute Gasteiger partial charge is 0.385 e. The minimum Gasteiger partial charge on any atom is -0.385 e. The average molecular weight is 275 g/mol. The fourth-order valence-electron chi connectivity index (χ4n) is 1.99. The molecule has 1 aromatic rings. The molecule has 0 amide bonds. The Morgan fingerprint density at radius 1 is 0.950 bits per heavy atom. The zero-order valence-electron chi connectivity index (χ0n) is 12.4. The van der Waals surface area contributed by atoms with Gasteiger partial charge in [-0.1, -0.05) is 49.9 Å². The van der Waals surface area contributed by atoms with Gasteiger partial charge < -0.3 is 4.74 Å². The Kier molecular flexibility index (Phi) is 9.41. The van der Waals surface area contributed by atoms with E-state index in [0.29, 0.717) is 5.56 Å². The van der Waals surface area contributed by atoms with E-state index in [4.69, 9.17) is 4.74 Å². The molecule has 0 saturated carbocycles. The van der Waals surface area contributed by atoms with E-state index in [2.05, 4.69) is 4.99 Å². The molecular weight excluding hydrogens is 250 g/mol. The Bertz CT molecular complexity index is 384. The fraction of sp³-hybridized carbons (Fsp3) is 0.529. The molecule has 0 bridgehead atoms. The normalized spacial score (nSPS) is 11.1. The van der Waals surface area contributed by atoms with Crippen LogP contribution >= 0.6 is 0 Å². The van der Waals surface area contributed by atoms with Gasteiger partial charge >= 0.3 is 0 Å². The van der Waals surface area contributed by atoms with Crippen LogP contribution < -0.4 is 0 Å². The van der Waals surface area contributed by atoms with E-state index < -0.39 is 0 Å². The van der Waals surface area contributed by atoms with Crippen molar-refractivity contribution in [1.82, 2.24) is 0 Å². The van der Waals surface area contributed by atoms with Crippen LogP contribution in [-0.2, 0) is 4.74 Å². The molecule has 20 heavy (non-hydrogen) atoms. The molecule has 1 aromatic carbocycles. The van der Waals surface area contributed by atoms with E-state index in [0.717, 1.165) is 31.4 Å². The third-order valence-corrected chi connectivity index (χ3v) is 3.20. The summed E-state index contributed by atoms with van der Waals surface area (Å²) in [6, 6.07) is 7.47. The Morgan fingerprint density at radius 2 is 1.55 bits per heavy atom. The summed E-state index contributed by atoms with van der Waals surface area (Å²) in [6.07, 6.45) is 10.1. The molecule has 0 saturated heterocycles. The maximum absolute atomic E-state index is 10.5. The highest BCUT2D eigenvalue weighted by molar-refractivity contribution is 5.82. The van der Waals surface area contributed by atoms with Crippen molar-refractivity contribution in [1.29, 1.82) is 0 Å². The molecule has 110 valence electrons. The minimum atomic E-state index is 0.704. The summed E-state index contributed by atoms with van der Waals surface area (Å²) in [7, 11) is 1.75. The molecule has 0 radical (unpaired) electrons. The third-order valence-electron chi connectivity index (χ3n) is 3.20. The van der Waals surface area contributed by atoms with Crippen molar-refractivity contribution in [3.63, 3.8) is 0 Å². The van der Waals surface area contributed by atoms with Crippen LogP contribution in [0.1, 0.15) is 54.4 Å². The van der Waals surface area contributed by atoms with Crippen molar-refractivity contribution in [3.8, 4) is 0 Å². The zero-order chi connectivity index (χ0) is 14.5. The van der Waals surface area contributed by atoms with E-state index in [-0.39, 0.29) is 0 Å². The average Bonchev–Trinajstić information content (AvgIpc) is 2.50. The lowest BCUT2D eigenvalue weighted by Crippen LogP contribution is -1.89. The van der Waals surface area contributed by atoms with Gasteiger partial charge in [-0.25, -0.2) is 0 Å². The van der Waals surface area contributed by atoms with E-state index in [1.54, 1.807) is 7.11 Å². The summed E-state index contributed by atoms with van der Waals surface area (Å²) in [6.45, 7) is 1.76. The van der Waals surface area contributed by atoms with Crippen LogP contribution in [0.15, 0.2) is 29.3 Å². The number of aliphatic imine (C=N–C) groups is 1. The van der Waals surface area contributed by atoms with Gasteiger partial charge in [0.25, 0.3) is 0 Å². The molecule has 0 aliphatic rings. The molecule has 3 heteroatoms. The molecule has 0 atom stereocenters. The summed E-state index contributed by atoms with van der Waals surface area (Å²) in [5.74, 6) is 0. The first-order chi connectivity index (χ1) is 9.86. The Hall–Kier alpha value is -1.48. The van der Waals surface area contributed by atoms with Crippen LogP contribution in [0.2, 0.25) is 0 Å². The number of unbranched alkanes of at least 4 members (excludes halogenated alkanes) is 5. The maximum atomic E-state index is 10.5. The molecule has 0 aromatic heterocycles. The second-order valence-corrected chi connectivity index (χ2v) is 4.93. The van der Waals surface area contributed by atoms with Gasteiger partial charge in [0.1, 0.15) is 6.29 Å². The molecule has 0 spiro atoms. The van der Waals surface area contributed by atoms with Crippen molar-refractivity contribution >= 4 is 12.5 Å². The second-order valence-electron chi connectivity index (χ2n) is 4.93. The second kappa shape index (κ2) is 11.4. The molecule has 1 rings (SSSR count). The number of ether oxygens (including phenoxy) is 1. The van der Waals surface area contributed by atoms with Crippen LogP contribution in [0.3, 0.4) is 0 Å². The maximum Gasteiger partial charge on any atom is 0.150 e. The number of rotatable bonds is 11. The minimum absolute atomic E-state index is 0.704. The standard InChI is InChI=1S/C17H25NO2/c1-20-13-7-5-3-2-4-6-12-18-14-16-8-10-17(15-19)11-9-16/h8-11,14-15H,2-7,12-13H2,1H3. The topological polar surface area (TPSA) is 38.7 Å². The predicted octanol–water partition coefficient (Wildman–Crippen LogP) is 3.91. The van der Waals surface area contributed by atoms with E-state index in [9.17, 15) is 4.79 Å². The number of carbonyl (C=O) groups excluding carboxylic acids is 1. The molecular formula is C17H25NO2. The molecule has 0 N–H and O–H groups in total. The molecule has 3 nitrogen and oxygen atoms in total. The smallest absolute Gasteiger partial charge is 0.150 e. The Labute approximate surface area is 122 Å². The quantitative estimate of drug-likeness (QED) is 0.349. The predicted molar refractivity (Wildman–Crippen MR) is 83.9 cm³/mol. The van der Waals surface area contributed by atoms with Crippen molar-refractivity contribution < 1.29 is 9.53 Å². The number of carbonyl (C=O) groups is 1. The number of methoxy groups -OCH3 is 1. The summed E-state index contributed by atoms with van der Waals surface area (Å²) >= 11 is 0. The lowest BCUT2D eigenvalue weighted by atomic mass is 10.1. The molecule has 0 aliphatic carbocycles. The lowest BCUT2D eigenvalue weighted by molar-refractivity contribution is 0.112. The summed E-state index contributed by atoms with van der Waals surface area (Å²) in [4.78, 5) is 14.9. The summed E-state index contributed by atoms with van der Waals surface area (Å²) in [5.41, 5.74) is 1.76. The van der Waals surface area contributed by atoms with Gasteiger partial charge in [-0.05, 0) is 18.4 Å². The van der Waals surface area contributed by atoms with Gasteiger partial charge in [0.2, 0.25) is 0 Å². The van der Waals surface area contributed by atoms with Crippen molar-refractivity contribution in [2.24, 2.45) is 4.99 Å². The van der Waals surface area contributed by atoms with Gasteiger partial charge in [0.15, 0.2) is 0 Å². The number of nitrogens with zero attached hydrogens (tertiary/aromatic N) is 1. The first-order valence-electron chi connectivity index (χ1n) is 7.41. The monoisotopic (exact) mass is 275 g/mol. The molecule has 0 unspecified atom stereocenters. The van der Waals surface area contributed by atoms with Crippen molar-refractivity contribution in [2.75, 3.05) is 20.3 Å². The van der Waals surface area contributed by atoms with Crippen LogP contribution in [0.25, 0.3) is 0 Å². The fourth-order valence-corrected chi connectivity index (χ4v) is 1.99. The van der Waals surface area contributed by atoms with Crippen LogP contribution in [0.4, 0.5) is 0 Å². The number of hydrogen-bond donors (Lipinski definition) is 0. The van der Waals surface area contributed by atoms with Crippen molar-refractivity contribution in [3.05, 3.63) is 35.4 Å². The number of aldehydes is 1. The Balaban J connectivity index is 2.02. The molecule has 0 heterocycles. The summed E-state index contributed by atoms with van der Waals surface area (Å²) < 4.78 is 5.02. The van der Waals surface area contributed by atoms with Gasteiger partial charge in [-0.3, -0.25) is 9.79 Å². The first-order valence-corrected chi connectivity index (χ1v) is 7.41. The van der Waals surface area contributed by atoms with E-state index >= 15 is 0 Å². The highest BCUT2D eigenvalue weighted by Crippen LogP contribution is 2.05. The van der Waals surface area contributed by atoms with Crippen LogP contribution in [0.5, 0.6) is 0 Å². The van der Waals surface area contributed by atoms with Crippen LogP contribution in [-0.4, -0.2) is 32.8 Å². The van der Waals surface area contributed by atoms with Gasteiger partial charge in [-0.15, -0.1) is 0 Å². The SMILES string of the molecule is COCCCCCCCCN=Cc1ccc(C=O)cc1. The highest BCUT2D eigenvalue weighted by Gasteiger charge is 1.92.